The Labute approximate surface area is 105 Å². The summed E-state index contributed by atoms with van der Waals surface area (Å²) in [6.45, 7) is 2.20. The van der Waals surface area contributed by atoms with Crippen molar-refractivity contribution < 1.29 is 0 Å². The second-order valence-corrected chi connectivity index (χ2v) is 4.85. The summed E-state index contributed by atoms with van der Waals surface area (Å²) in [5.41, 5.74) is 1.02. The number of unbranched alkanes of at least 4 members (excludes halogenated alkanes) is 1. The first-order valence-electron chi connectivity index (χ1n) is 5.82. The molecule has 0 saturated heterocycles. The van der Waals surface area contributed by atoms with Gasteiger partial charge < -0.3 is 0 Å². The van der Waals surface area contributed by atoms with E-state index < -0.39 is 0 Å². The second kappa shape index (κ2) is 6.39. The van der Waals surface area contributed by atoms with Crippen molar-refractivity contribution in [3.8, 4) is 5.69 Å². The van der Waals surface area contributed by atoms with E-state index in [9.17, 15) is 0 Å². The average molecular weight is 248 g/mol. The summed E-state index contributed by atoms with van der Waals surface area (Å²) in [7, 11) is 0. The molecule has 0 aliphatic rings. The fourth-order valence-corrected chi connectivity index (χ4v) is 2.48. The highest BCUT2D eigenvalue weighted by Gasteiger charge is 2.07. The topological polar surface area (TPSA) is 43.6 Å². The molecule has 0 amide bonds. The summed E-state index contributed by atoms with van der Waals surface area (Å²) in [5, 5.41) is 11.8. The van der Waals surface area contributed by atoms with E-state index in [-0.39, 0.29) is 0 Å². The monoisotopic (exact) mass is 248 g/mol. The Hall–Kier alpha value is -1.36. The SMILES string of the molecule is CCCCSCc1nnnn1-c1ccccc1. The molecule has 0 unspecified atom stereocenters. The van der Waals surface area contributed by atoms with Gasteiger partial charge in [-0.05, 0) is 34.7 Å². The lowest BCUT2D eigenvalue weighted by Crippen LogP contribution is -2.02. The third-order valence-electron chi connectivity index (χ3n) is 2.41. The molecule has 0 fully saturated rings. The van der Waals surface area contributed by atoms with Gasteiger partial charge in [0.15, 0.2) is 5.82 Å². The third kappa shape index (κ3) is 3.30. The van der Waals surface area contributed by atoms with Crippen LogP contribution in [0.2, 0.25) is 0 Å². The van der Waals surface area contributed by atoms with Gasteiger partial charge in [-0.25, -0.2) is 0 Å². The Morgan fingerprint density at radius 1 is 1.24 bits per heavy atom. The van der Waals surface area contributed by atoms with Gasteiger partial charge >= 0.3 is 0 Å². The first-order valence-corrected chi connectivity index (χ1v) is 6.97. The van der Waals surface area contributed by atoms with Crippen LogP contribution >= 0.6 is 11.8 Å². The number of rotatable bonds is 6. The molecule has 0 aliphatic heterocycles. The first-order chi connectivity index (χ1) is 8.42. The molecular formula is C12H16N4S. The van der Waals surface area contributed by atoms with Crippen LogP contribution in [0.5, 0.6) is 0 Å². The zero-order valence-corrected chi connectivity index (χ0v) is 10.7. The van der Waals surface area contributed by atoms with Gasteiger partial charge in [-0.15, -0.1) is 5.10 Å². The highest BCUT2D eigenvalue weighted by atomic mass is 32.2. The maximum Gasteiger partial charge on any atom is 0.166 e. The zero-order chi connectivity index (χ0) is 11.9. The van der Waals surface area contributed by atoms with E-state index in [1.807, 2.05) is 42.1 Å². The molecule has 0 saturated carbocycles. The van der Waals surface area contributed by atoms with Gasteiger partial charge in [0.1, 0.15) is 0 Å². The van der Waals surface area contributed by atoms with E-state index in [1.165, 1.54) is 12.8 Å². The van der Waals surface area contributed by atoms with Gasteiger partial charge in [-0.2, -0.15) is 16.4 Å². The maximum absolute atomic E-state index is 4.07. The minimum Gasteiger partial charge on any atom is -0.196 e. The summed E-state index contributed by atoms with van der Waals surface area (Å²) < 4.78 is 1.80. The van der Waals surface area contributed by atoms with Crippen molar-refractivity contribution in [1.82, 2.24) is 20.2 Å². The summed E-state index contributed by atoms with van der Waals surface area (Å²) in [5.74, 6) is 2.94. The van der Waals surface area contributed by atoms with Crippen molar-refractivity contribution in [2.24, 2.45) is 0 Å². The lowest BCUT2D eigenvalue weighted by molar-refractivity contribution is 0.777. The predicted molar refractivity (Wildman–Crippen MR) is 70.2 cm³/mol. The lowest BCUT2D eigenvalue weighted by Gasteiger charge is -2.03. The number of hydrogen-bond acceptors (Lipinski definition) is 4. The van der Waals surface area contributed by atoms with E-state index in [1.54, 1.807) is 4.68 Å². The molecule has 5 heteroatoms. The fraction of sp³-hybridized carbons (Fsp3) is 0.417. The molecule has 4 nitrogen and oxygen atoms in total. The molecule has 17 heavy (non-hydrogen) atoms. The molecule has 1 aromatic heterocycles. The maximum atomic E-state index is 4.07. The van der Waals surface area contributed by atoms with Gasteiger partial charge in [0.25, 0.3) is 0 Å². The van der Waals surface area contributed by atoms with E-state index in [0.29, 0.717) is 0 Å². The van der Waals surface area contributed by atoms with Gasteiger partial charge in [0.2, 0.25) is 0 Å². The second-order valence-electron chi connectivity index (χ2n) is 3.75. The number of nitrogens with zero attached hydrogens (tertiary/aromatic N) is 4. The largest absolute Gasteiger partial charge is 0.196 e. The Morgan fingerprint density at radius 2 is 2.06 bits per heavy atom. The minimum atomic E-state index is 0.863. The lowest BCUT2D eigenvalue weighted by atomic mass is 10.3. The number of para-hydroxylation sites is 1. The van der Waals surface area contributed by atoms with Crippen molar-refractivity contribution in [2.45, 2.75) is 25.5 Å². The van der Waals surface area contributed by atoms with E-state index in [4.69, 9.17) is 0 Å². The van der Waals surface area contributed by atoms with Crippen LogP contribution in [-0.2, 0) is 5.75 Å². The molecule has 90 valence electrons. The van der Waals surface area contributed by atoms with Crippen LogP contribution < -0.4 is 0 Å². The zero-order valence-electron chi connectivity index (χ0n) is 9.91. The summed E-state index contributed by atoms with van der Waals surface area (Å²) >= 11 is 1.88. The predicted octanol–water partition coefficient (Wildman–Crippen LogP) is 2.70. The van der Waals surface area contributed by atoms with Gasteiger partial charge in [-0.3, -0.25) is 0 Å². The van der Waals surface area contributed by atoms with Crippen LogP contribution in [0, 0.1) is 0 Å². The number of tetrazole rings is 1. The van der Waals surface area contributed by atoms with Crippen molar-refractivity contribution in [3.63, 3.8) is 0 Å². The Balaban J connectivity index is 2.02. The number of aromatic nitrogens is 4. The molecule has 2 rings (SSSR count). The molecule has 1 heterocycles. The number of benzene rings is 1. The molecule has 0 radical (unpaired) electrons. The van der Waals surface area contributed by atoms with Crippen molar-refractivity contribution >= 4 is 11.8 Å². The standard InChI is InChI=1S/C12H16N4S/c1-2-3-9-17-10-12-13-14-15-16(12)11-7-5-4-6-8-11/h4-8H,2-3,9-10H2,1H3. The third-order valence-corrected chi connectivity index (χ3v) is 3.45. The van der Waals surface area contributed by atoms with Crippen molar-refractivity contribution in [2.75, 3.05) is 5.75 Å². The number of hydrogen-bond donors (Lipinski definition) is 0. The van der Waals surface area contributed by atoms with Crippen LogP contribution in [0.25, 0.3) is 5.69 Å². The smallest absolute Gasteiger partial charge is 0.166 e. The van der Waals surface area contributed by atoms with Crippen LogP contribution in [0.1, 0.15) is 25.6 Å². The quantitative estimate of drug-likeness (QED) is 0.737. The van der Waals surface area contributed by atoms with Gasteiger partial charge in [-0.1, -0.05) is 31.5 Å². The van der Waals surface area contributed by atoms with Crippen LogP contribution in [0.4, 0.5) is 0 Å². The molecule has 0 aliphatic carbocycles. The normalized spacial score (nSPS) is 10.6. The van der Waals surface area contributed by atoms with Crippen LogP contribution in [0.15, 0.2) is 30.3 Å². The van der Waals surface area contributed by atoms with Crippen LogP contribution in [0.3, 0.4) is 0 Å². The average Bonchev–Trinajstić information content (AvgIpc) is 2.84. The van der Waals surface area contributed by atoms with Gasteiger partial charge in [0.05, 0.1) is 11.4 Å². The fourth-order valence-electron chi connectivity index (χ4n) is 1.48. The van der Waals surface area contributed by atoms with Gasteiger partial charge in [0, 0.05) is 0 Å². The molecule has 0 spiro atoms. The first kappa shape index (κ1) is 12.1. The molecular weight excluding hydrogens is 232 g/mol. The highest BCUT2D eigenvalue weighted by molar-refractivity contribution is 7.98. The van der Waals surface area contributed by atoms with Crippen molar-refractivity contribution in [3.05, 3.63) is 36.2 Å². The van der Waals surface area contributed by atoms with Crippen LogP contribution in [-0.4, -0.2) is 26.0 Å². The summed E-state index contributed by atoms with van der Waals surface area (Å²) in [6, 6.07) is 9.99. The minimum absolute atomic E-state index is 0.863. The van der Waals surface area contributed by atoms with E-state index in [0.717, 1.165) is 23.0 Å². The van der Waals surface area contributed by atoms with E-state index >= 15 is 0 Å². The Morgan fingerprint density at radius 3 is 2.82 bits per heavy atom. The molecule has 1 aromatic carbocycles. The molecule has 0 N–H and O–H groups in total. The summed E-state index contributed by atoms with van der Waals surface area (Å²) in [6.07, 6.45) is 2.48. The molecule has 2 aromatic rings. The van der Waals surface area contributed by atoms with E-state index in [2.05, 4.69) is 22.4 Å². The Kier molecular flexibility index (Phi) is 4.55. The highest BCUT2D eigenvalue weighted by Crippen LogP contribution is 2.14. The molecule has 0 bridgehead atoms. The Bertz CT molecular complexity index is 441. The molecule has 0 atom stereocenters. The number of thioether (sulfide) groups is 1. The summed E-state index contributed by atoms with van der Waals surface area (Å²) in [4.78, 5) is 0. The van der Waals surface area contributed by atoms with Crippen molar-refractivity contribution in [1.29, 1.82) is 0 Å².